The predicted molar refractivity (Wildman–Crippen MR) is 114 cm³/mol. The van der Waals surface area contributed by atoms with Crippen molar-refractivity contribution in [3.63, 3.8) is 0 Å². The van der Waals surface area contributed by atoms with Gasteiger partial charge in [-0.3, -0.25) is 4.79 Å². The van der Waals surface area contributed by atoms with Gasteiger partial charge in [0.05, 0.1) is 0 Å². The summed E-state index contributed by atoms with van der Waals surface area (Å²) in [5, 5.41) is 3.01. The Morgan fingerprint density at radius 3 is 2.52 bits per heavy atom. The van der Waals surface area contributed by atoms with Gasteiger partial charge in [0.1, 0.15) is 0 Å². The van der Waals surface area contributed by atoms with Crippen LogP contribution in [0.15, 0.2) is 55.1 Å². The van der Waals surface area contributed by atoms with Crippen molar-refractivity contribution in [2.45, 2.75) is 52.0 Å². The van der Waals surface area contributed by atoms with E-state index in [1.165, 1.54) is 16.8 Å². The van der Waals surface area contributed by atoms with E-state index in [1.54, 1.807) is 0 Å². The standard InChI is InChI=1S/C24H30N2O/c1-18(26-17-7-9-21-8-5-6-10-22(21)26)20-14-11-19(12-15-20)13-16-23(27)25-24(2,3)4/h5-6,8,10-12,14-15H,1,7,9,13,16-17H2,2-4H3,(H,25,27). The molecule has 27 heavy (non-hydrogen) atoms. The molecule has 0 fully saturated rings. The van der Waals surface area contributed by atoms with E-state index in [4.69, 9.17) is 0 Å². The van der Waals surface area contributed by atoms with Gasteiger partial charge in [-0.2, -0.15) is 0 Å². The van der Waals surface area contributed by atoms with Crippen LogP contribution < -0.4 is 10.2 Å². The second-order valence-corrected chi connectivity index (χ2v) is 8.33. The van der Waals surface area contributed by atoms with E-state index in [0.717, 1.165) is 37.1 Å². The van der Waals surface area contributed by atoms with Crippen LogP contribution in [0.25, 0.3) is 5.70 Å². The van der Waals surface area contributed by atoms with Crippen LogP contribution in [0, 0.1) is 0 Å². The highest BCUT2D eigenvalue weighted by molar-refractivity contribution is 5.80. The Morgan fingerprint density at radius 1 is 1.11 bits per heavy atom. The number of anilines is 1. The van der Waals surface area contributed by atoms with Crippen LogP contribution in [0.5, 0.6) is 0 Å². The van der Waals surface area contributed by atoms with E-state index in [1.807, 2.05) is 20.8 Å². The molecule has 0 spiro atoms. The quantitative estimate of drug-likeness (QED) is 0.815. The first-order chi connectivity index (χ1) is 12.8. The number of fused-ring (bicyclic) bond motifs is 1. The lowest BCUT2D eigenvalue weighted by atomic mass is 9.99. The van der Waals surface area contributed by atoms with E-state index < -0.39 is 0 Å². The molecule has 0 bridgehead atoms. The maximum atomic E-state index is 12.0. The molecular weight excluding hydrogens is 332 g/mol. The molecule has 0 saturated carbocycles. The number of rotatable bonds is 5. The molecule has 142 valence electrons. The third-order valence-corrected chi connectivity index (χ3v) is 4.88. The van der Waals surface area contributed by atoms with Gasteiger partial charge in [-0.05, 0) is 62.8 Å². The molecule has 0 radical (unpaired) electrons. The third-order valence-electron chi connectivity index (χ3n) is 4.88. The van der Waals surface area contributed by atoms with Gasteiger partial charge >= 0.3 is 0 Å². The summed E-state index contributed by atoms with van der Waals surface area (Å²) in [5.74, 6) is 0.0981. The van der Waals surface area contributed by atoms with Crippen molar-refractivity contribution in [2.24, 2.45) is 0 Å². The third kappa shape index (κ3) is 5.00. The number of hydrogen-bond donors (Lipinski definition) is 1. The Morgan fingerprint density at radius 2 is 1.81 bits per heavy atom. The minimum absolute atomic E-state index is 0.0981. The maximum Gasteiger partial charge on any atom is 0.220 e. The zero-order chi connectivity index (χ0) is 19.4. The van der Waals surface area contributed by atoms with Crippen molar-refractivity contribution in [1.82, 2.24) is 5.32 Å². The molecule has 3 heteroatoms. The summed E-state index contributed by atoms with van der Waals surface area (Å²) in [4.78, 5) is 14.3. The summed E-state index contributed by atoms with van der Waals surface area (Å²) in [6, 6.07) is 17.1. The normalized spacial score (nSPS) is 13.8. The van der Waals surface area contributed by atoms with E-state index in [-0.39, 0.29) is 11.4 Å². The summed E-state index contributed by atoms with van der Waals surface area (Å²) in [7, 11) is 0. The van der Waals surface area contributed by atoms with Crippen LogP contribution in [0.2, 0.25) is 0 Å². The van der Waals surface area contributed by atoms with Gasteiger partial charge in [0, 0.05) is 29.9 Å². The first-order valence-corrected chi connectivity index (χ1v) is 9.78. The molecule has 0 atom stereocenters. The molecule has 0 aliphatic carbocycles. The minimum Gasteiger partial charge on any atom is -0.351 e. The average Bonchev–Trinajstić information content (AvgIpc) is 2.64. The van der Waals surface area contributed by atoms with E-state index in [0.29, 0.717) is 6.42 Å². The molecule has 0 aromatic heterocycles. The summed E-state index contributed by atoms with van der Waals surface area (Å²) in [6.07, 6.45) is 3.55. The number of nitrogens with zero attached hydrogens (tertiary/aromatic N) is 1. The van der Waals surface area contributed by atoms with E-state index in [9.17, 15) is 4.79 Å². The van der Waals surface area contributed by atoms with Gasteiger partial charge in [-0.15, -0.1) is 0 Å². The van der Waals surface area contributed by atoms with Crippen molar-refractivity contribution in [2.75, 3.05) is 11.4 Å². The number of amides is 1. The Bertz CT molecular complexity index is 815. The smallest absolute Gasteiger partial charge is 0.220 e. The summed E-state index contributed by atoms with van der Waals surface area (Å²) in [5.41, 5.74) is 5.84. The van der Waals surface area contributed by atoms with E-state index >= 15 is 0 Å². The fourth-order valence-electron chi connectivity index (χ4n) is 3.57. The molecule has 1 amide bonds. The Kier molecular flexibility index (Phi) is 5.69. The molecule has 2 aromatic carbocycles. The largest absolute Gasteiger partial charge is 0.351 e. The molecule has 1 aliphatic heterocycles. The van der Waals surface area contributed by atoms with Crippen LogP contribution in [0.3, 0.4) is 0 Å². The summed E-state index contributed by atoms with van der Waals surface area (Å²) >= 11 is 0. The monoisotopic (exact) mass is 362 g/mol. The number of benzene rings is 2. The number of para-hydroxylation sites is 1. The molecule has 0 unspecified atom stereocenters. The lowest BCUT2D eigenvalue weighted by Crippen LogP contribution is -2.40. The van der Waals surface area contributed by atoms with Gasteiger partial charge < -0.3 is 10.2 Å². The maximum absolute atomic E-state index is 12.0. The zero-order valence-electron chi connectivity index (χ0n) is 16.7. The highest BCUT2D eigenvalue weighted by atomic mass is 16.1. The molecule has 2 aromatic rings. The Balaban J connectivity index is 1.64. The second-order valence-electron chi connectivity index (χ2n) is 8.33. The number of carbonyl (C=O) groups is 1. The molecule has 0 saturated heterocycles. The number of hydrogen-bond acceptors (Lipinski definition) is 2. The summed E-state index contributed by atoms with van der Waals surface area (Å²) in [6.45, 7) is 11.4. The number of carbonyl (C=O) groups excluding carboxylic acids is 1. The van der Waals surface area contributed by atoms with Crippen molar-refractivity contribution in [3.8, 4) is 0 Å². The molecule has 3 rings (SSSR count). The van der Waals surface area contributed by atoms with Crippen molar-refractivity contribution in [1.29, 1.82) is 0 Å². The Labute approximate surface area is 163 Å². The lowest BCUT2D eigenvalue weighted by molar-refractivity contribution is -0.122. The fraction of sp³-hybridized carbons (Fsp3) is 0.375. The highest BCUT2D eigenvalue weighted by Crippen LogP contribution is 2.32. The number of nitrogens with one attached hydrogen (secondary N) is 1. The lowest BCUT2D eigenvalue weighted by Gasteiger charge is -2.33. The second kappa shape index (κ2) is 7.99. The van der Waals surface area contributed by atoms with Crippen LogP contribution in [0.4, 0.5) is 5.69 Å². The van der Waals surface area contributed by atoms with Gasteiger partial charge in [-0.25, -0.2) is 0 Å². The molecule has 1 aliphatic rings. The van der Waals surface area contributed by atoms with Crippen molar-refractivity contribution in [3.05, 3.63) is 71.8 Å². The first kappa shape index (κ1) is 19.2. The predicted octanol–water partition coefficient (Wildman–Crippen LogP) is 4.96. The molecular formula is C24H30N2O. The van der Waals surface area contributed by atoms with Crippen LogP contribution in [-0.4, -0.2) is 18.0 Å². The highest BCUT2D eigenvalue weighted by Gasteiger charge is 2.19. The van der Waals surface area contributed by atoms with Crippen LogP contribution >= 0.6 is 0 Å². The average molecular weight is 363 g/mol. The fourth-order valence-corrected chi connectivity index (χ4v) is 3.57. The van der Waals surface area contributed by atoms with Gasteiger partial charge in [0.2, 0.25) is 5.91 Å². The topological polar surface area (TPSA) is 32.3 Å². The van der Waals surface area contributed by atoms with Crippen molar-refractivity contribution >= 4 is 17.3 Å². The van der Waals surface area contributed by atoms with Gasteiger partial charge in [0.25, 0.3) is 0 Å². The molecule has 1 heterocycles. The van der Waals surface area contributed by atoms with Crippen LogP contribution in [0.1, 0.15) is 50.3 Å². The van der Waals surface area contributed by atoms with Crippen LogP contribution in [-0.2, 0) is 17.6 Å². The summed E-state index contributed by atoms with van der Waals surface area (Å²) < 4.78 is 0. The van der Waals surface area contributed by atoms with Crippen molar-refractivity contribution < 1.29 is 4.79 Å². The number of aryl methyl sites for hydroxylation is 2. The first-order valence-electron chi connectivity index (χ1n) is 9.78. The van der Waals surface area contributed by atoms with Gasteiger partial charge in [-0.1, -0.05) is 49.0 Å². The van der Waals surface area contributed by atoms with E-state index in [2.05, 4.69) is 65.3 Å². The Hall–Kier alpha value is -2.55. The SMILES string of the molecule is C=C(c1ccc(CCC(=O)NC(C)(C)C)cc1)N1CCCc2ccccc21. The molecule has 3 nitrogen and oxygen atoms in total. The molecule has 1 N–H and O–H groups in total. The minimum atomic E-state index is -0.177. The zero-order valence-corrected chi connectivity index (χ0v) is 16.7. The van der Waals surface area contributed by atoms with Gasteiger partial charge in [0.15, 0.2) is 0 Å².